The summed E-state index contributed by atoms with van der Waals surface area (Å²) in [6.07, 6.45) is 25.3. The fraction of sp³-hybridized carbons (Fsp3) is 0.421. The summed E-state index contributed by atoms with van der Waals surface area (Å²) in [4.78, 5) is 0. The molecule has 4 nitrogen and oxygen atoms in total. The van der Waals surface area contributed by atoms with Gasteiger partial charge in [-0.25, -0.2) is 0 Å². The lowest BCUT2D eigenvalue weighted by Gasteiger charge is -2.26. The number of allylic oxidation sites excluding steroid dienone is 18. The summed E-state index contributed by atoms with van der Waals surface area (Å²) in [6, 6.07) is 0. The smallest absolute Gasteiger partial charge is 0.102 e. The molecule has 2 aliphatic rings. The fourth-order valence-corrected chi connectivity index (χ4v) is 5.38. The van der Waals surface area contributed by atoms with Crippen LogP contribution < -0.4 is 0 Å². The molecule has 0 fully saturated rings. The van der Waals surface area contributed by atoms with Gasteiger partial charge in [-0.1, -0.05) is 135 Å². The predicted molar refractivity (Wildman–Crippen MR) is 178 cm³/mol. The van der Waals surface area contributed by atoms with E-state index >= 15 is 0 Å². The average molecular weight is 573 g/mol. The van der Waals surface area contributed by atoms with Gasteiger partial charge >= 0.3 is 0 Å². The van der Waals surface area contributed by atoms with Gasteiger partial charge in [-0.2, -0.15) is 0 Å². The van der Waals surface area contributed by atoms with Crippen LogP contribution in [0, 0.1) is 10.8 Å². The molecule has 0 aromatic carbocycles. The van der Waals surface area contributed by atoms with E-state index in [0.29, 0.717) is 0 Å². The molecule has 0 amide bonds. The van der Waals surface area contributed by atoms with Crippen LogP contribution in [0.5, 0.6) is 0 Å². The van der Waals surface area contributed by atoms with E-state index in [4.69, 9.17) is 0 Å². The molecule has 4 heteroatoms. The molecule has 0 spiro atoms. The Hall–Kier alpha value is -3.02. The monoisotopic (exact) mass is 572 g/mol. The third-order valence-corrected chi connectivity index (χ3v) is 8.49. The van der Waals surface area contributed by atoms with Gasteiger partial charge in [0.25, 0.3) is 0 Å². The Morgan fingerprint density at radius 2 is 0.786 bits per heavy atom. The van der Waals surface area contributed by atoms with E-state index in [1.165, 1.54) is 0 Å². The number of hydrogen-bond acceptors (Lipinski definition) is 4. The van der Waals surface area contributed by atoms with Crippen molar-refractivity contribution in [1.29, 1.82) is 0 Å². The summed E-state index contributed by atoms with van der Waals surface area (Å²) >= 11 is 0. The van der Waals surface area contributed by atoms with Crippen molar-refractivity contribution in [3.8, 4) is 0 Å². The molecule has 0 aromatic heterocycles. The minimum absolute atomic E-state index is 0.473. The van der Waals surface area contributed by atoms with Crippen molar-refractivity contribution in [2.45, 2.75) is 93.7 Å². The molecule has 0 saturated carbocycles. The van der Waals surface area contributed by atoms with E-state index in [0.717, 1.165) is 44.6 Å². The lowest BCUT2D eigenvalue weighted by Crippen LogP contribution is -2.33. The van der Waals surface area contributed by atoms with Gasteiger partial charge in [-0.3, -0.25) is 0 Å². The third kappa shape index (κ3) is 8.75. The zero-order valence-corrected chi connectivity index (χ0v) is 27.2. The molecule has 4 N–H and O–H groups in total. The Morgan fingerprint density at radius 3 is 1.07 bits per heavy atom. The topological polar surface area (TPSA) is 80.9 Å². The van der Waals surface area contributed by atoms with Crippen LogP contribution in [0.2, 0.25) is 0 Å². The number of hydrogen-bond donors (Lipinski definition) is 4. The highest BCUT2D eigenvalue weighted by Crippen LogP contribution is 2.44. The van der Waals surface area contributed by atoms with Crippen molar-refractivity contribution < 1.29 is 20.4 Å². The summed E-state index contributed by atoms with van der Waals surface area (Å²) < 4.78 is 0. The van der Waals surface area contributed by atoms with E-state index in [1.807, 2.05) is 116 Å². The van der Waals surface area contributed by atoms with Crippen molar-refractivity contribution in [2.75, 3.05) is 0 Å². The Kier molecular flexibility index (Phi) is 12.5. The zero-order valence-electron chi connectivity index (χ0n) is 27.2. The SMILES string of the molecule is CC(C=CC=C(C)C=CC1=C(C)C(O)C(O)C1(C)C)=CC=CC=C(C)C=CC=C(C)C=CC1=C(C)C(O)C(O)C1(C)C. The van der Waals surface area contributed by atoms with E-state index in [9.17, 15) is 20.4 Å². The Balaban J connectivity index is 1.92. The summed E-state index contributed by atoms with van der Waals surface area (Å²) in [7, 11) is 0. The second-order valence-electron chi connectivity index (χ2n) is 12.8. The maximum absolute atomic E-state index is 10.3. The van der Waals surface area contributed by atoms with Crippen molar-refractivity contribution in [2.24, 2.45) is 10.8 Å². The summed E-state index contributed by atoms with van der Waals surface area (Å²) in [5, 5.41) is 41.0. The second-order valence-corrected chi connectivity index (χ2v) is 12.8. The minimum atomic E-state index is -0.807. The summed E-state index contributed by atoms with van der Waals surface area (Å²) in [5.41, 5.74) is 7.11. The largest absolute Gasteiger partial charge is 0.389 e. The van der Waals surface area contributed by atoms with E-state index in [-0.39, 0.29) is 0 Å². The van der Waals surface area contributed by atoms with Crippen LogP contribution in [0.3, 0.4) is 0 Å². The Morgan fingerprint density at radius 1 is 0.500 bits per heavy atom. The molecular weight excluding hydrogens is 520 g/mol. The maximum atomic E-state index is 10.3. The highest BCUT2D eigenvalue weighted by Gasteiger charge is 2.44. The molecule has 0 radical (unpaired) electrons. The first kappa shape index (κ1) is 35.2. The van der Waals surface area contributed by atoms with Crippen LogP contribution in [0.25, 0.3) is 0 Å². The zero-order chi connectivity index (χ0) is 31.8. The quantitative estimate of drug-likeness (QED) is 0.202. The van der Waals surface area contributed by atoms with Crippen molar-refractivity contribution >= 4 is 0 Å². The lowest BCUT2D eigenvalue weighted by molar-refractivity contribution is -0.000357. The molecule has 228 valence electrons. The Bertz CT molecular complexity index is 1230. The van der Waals surface area contributed by atoms with Crippen LogP contribution in [0.15, 0.2) is 130 Å². The van der Waals surface area contributed by atoms with Crippen LogP contribution in [-0.2, 0) is 0 Å². The van der Waals surface area contributed by atoms with Gasteiger partial charge < -0.3 is 20.4 Å². The van der Waals surface area contributed by atoms with E-state index in [2.05, 4.69) is 38.2 Å². The van der Waals surface area contributed by atoms with Crippen LogP contribution in [0.4, 0.5) is 0 Å². The average Bonchev–Trinajstić information content (AvgIpc) is 3.16. The number of rotatable bonds is 10. The first-order valence-corrected chi connectivity index (χ1v) is 14.7. The highest BCUT2D eigenvalue weighted by molar-refractivity contribution is 5.44. The van der Waals surface area contributed by atoms with Crippen molar-refractivity contribution in [3.63, 3.8) is 0 Å². The van der Waals surface area contributed by atoms with Crippen LogP contribution in [0.1, 0.15) is 69.2 Å². The molecule has 4 unspecified atom stereocenters. The standard InChI is InChI=1S/C38H52O4/c1-25(17-13-19-27(3)21-23-31-29(5)33(39)35(41)37(31,7)8)15-11-12-16-26(2)18-14-20-28(4)22-24-32-30(6)34(40)36(42)38(32,9)10/h11-24,33-36,39-42H,1-10H3. The van der Waals surface area contributed by atoms with Gasteiger partial charge in [-0.05, 0) is 63.8 Å². The number of aliphatic hydroxyl groups excluding tert-OH is 4. The number of aliphatic hydroxyl groups is 4. The van der Waals surface area contributed by atoms with E-state index < -0.39 is 35.2 Å². The molecule has 42 heavy (non-hydrogen) atoms. The second kappa shape index (κ2) is 14.9. The molecule has 2 aliphatic carbocycles. The van der Waals surface area contributed by atoms with Gasteiger partial charge in [0.05, 0.1) is 12.2 Å². The predicted octanol–water partition coefficient (Wildman–Crippen LogP) is 7.71. The fourth-order valence-electron chi connectivity index (χ4n) is 5.38. The molecule has 0 aromatic rings. The molecular formula is C38H52O4. The van der Waals surface area contributed by atoms with Gasteiger partial charge in [-0.15, -0.1) is 0 Å². The Labute approximate surface area is 254 Å². The first-order chi connectivity index (χ1) is 19.5. The van der Waals surface area contributed by atoms with Gasteiger partial charge in [0.1, 0.15) is 12.2 Å². The summed E-state index contributed by atoms with van der Waals surface area (Å²) in [6.45, 7) is 19.8. The first-order valence-electron chi connectivity index (χ1n) is 14.7. The maximum Gasteiger partial charge on any atom is 0.102 e. The van der Waals surface area contributed by atoms with Crippen LogP contribution in [-0.4, -0.2) is 44.8 Å². The van der Waals surface area contributed by atoms with Gasteiger partial charge in [0.15, 0.2) is 0 Å². The summed E-state index contributed by atoms with van der Waals surface area (Å²) in [5.74, 6) is 0. The molecule has 0 heterocycles. The highest BCUT2D eigenvalue weighted by atomic mass is 16.3. The molecule has 0 bridgehead atoms. The molecule has 0 saturated heterocycles. The lowest BCUT2D eigenvalue weighted by atomic mass is 9.82. The molecule has 2 rings (SSSR count). The third-order valence-electron chi connectivity index (χ3n) is 8.49. The molecule has 0 aliphatic heterocycles. The van der Waals surface area contributed by atoms with Crippen molar-refractivity contribution in [1.82, 2.24) is 0 Å². The van der Waals surface area contributed by atoms with E-state index in [1.54, 1.807) is 0 Å². The normalized spacial score (nSPS) is 28.0. The van der Waals surface area contributed by atoms with Gasteiger partial charge in [0, 0.05) is 10.8 Å². The van der Waals surface area contributed by atoms with Crippen LogP contribution >= 0.6 is 0 Å². The molecule has 4 atom stereocenters. The minimum Gasteiger partial charge on any atom is -0.389 e. The van der Waals surface area contributed by atoms with Gasteiger partial charge in [0.2, 0.25) is 0 Å². The van der Waals surface area contributed by atoms with Crippen molar-refractivity contribution in [3.05, 3.63) is 130 Å².